The molecule has 21 heavy (non-hydrogen) atoms. The number of halogens is 3. The van der Waals surface area contributed by atoms with E-state index in [0.717, 1.165) is 0 Å². The number of rotatable bonds is 8. The van der Waals surface area contributed by atoms with Gasteiger partial charge >= 0.3 is 6.18 Å². The standard InChI is InChI=1S/C13H26F3NO3S/c1-11(2)17(7-6-12(3,4)5)21(18,19)9-8-20-10-13(14,15)16/h11H,6-10H2,1-5H3. The summed E-state index contributed by atoms with van der Waals surface area (Å²) in [7, 11) is -3.62. The van der Waals surface area contributed by atoms with Crippen molar-refractivity contribution in [2.24, 2.45) is 5.41 Å². The molecule has 8 heteroatoms. The molecule has 0 fully saturated rings. The van der Waals surface area contributed by atoms with Gasteiger partial charge in [-0.2, -0.15) is 17.5 Å². The highest BCUT2D eigenvalue weighted by Crippen LogP contribution is 2.21. The van der Waals surface area contributed by atoms with E-state index in [0.29, 0.717) is 13.0 Å². The third-order valence-corrected chi connectivity index (χ3v) is 4.77. The molecule has 0 aliphatic heterocycles. The van der Waals surface area contributed by atoms with Crippen LogP contribution in [0.15, 0.2) is 0 Å². The van der Waals surface area contributed by atoms with E-state index in [-0.39, 0.29) is 11.5 Å². The van der Waals surface area contributed by atoms with Crippen LogP contribution in [0, 0.1) is 5.41 Å². The van der Waals surface area contributed by atoms with Crippen molar-refractivity contribution in [3.63, 3.8) is 0 Å². The zero-order chi connectivity index (χ0) is 16.9. The van der Waals surface area contributed by atoms with E-state index in [2.05, 4.69) is 4.74 Å². The summed E-state index contributed by atoms with van der Waals surface area (Å²) < 4.78 is 65.9. The van der Waals surface area contributed by atoms with Crippen molar-refractivity contribution in [1.29, 1.82) is 0 Å². The topological polar surface area (TPSA) is 46.6 Å². The van der Waals surface area contributed by atoms with Gasteiger partial charge in [0.1, 0.15) is 6.61 Å². The average Bonchev–Trinajstić information content (AvgIpc) is 2.20. The molecule has 0 saturated carbocycles. The summed E-state index contributed by atoms with van der Waals surface area (Å²) in [6.07, 6.45) is -3.76. The Morgan fingerprint density at radius 3 is 2.05 bits per heavy atom. The number of ether oxygens (including phenoxy) is 1. The Hall–Kier alpha value is -0.340. The molecule has 0 spiro atoms. The van der Waals surface area contributed by atoms with Crippen molar-refractivity contribution in [1.82, 2.24) is 4.31 Å². The van der Waals surface area contributed by atoms with Gasteiger partial charge in [-0.3, -0.25) is 0 Å². The molecule has 0 aromatic carbocycles. The third kappa shape index (κ3) is 10.1. The Labute approximate surface area is 125 Å². The van der Waals surface area contributed by atoms with Crippen LogP contribution in [0.2, 0.25) is 0 Å². The van der Waals surface area contributed by atoms with Crippen molar-refractivity contribution in [2.45, 2.75) is 53.3 Å². The lowest BCUT2D eigenvalue weighted by molar-refractivity contribution is -0.172. The largest absolute Gasteiger partial charge is 0.411 e. The van der Waals surface area contributed by atoms with Crippen LogP contribution in [0.1, 0.15) is 41.0 Å². The van der Waals surface area contributed by atoms with E-state index in [1.165, 1.54) is 4.31 Å². The summed E-state index contributed by atoms with van der Waals surface area (Å²) in [5, 5.41) is 0. The molecule has 0 N–H and O–H groups in total. The van der Waals surface area contributed by atoms with E-state index in [9.17, 15) is 21.6 Å². The smallest absolute Gasteiger partial charge is 0.371 e. The van der Waals surface area contributed by atoms with Crippen molar-refractivity contribution in [3.8, 4) is 0 Å². The SMILES string of the molecule is CC(C)N(CCC(C)(C)C)S(=O)(=O)CCOCC(F)(F)F. The fraction of sp³-hybridized carbons (Fsp3) is 1.00. The van der Waals surface area contributed by atoms with Crippen LogP contribution in [0.5, 0.6) is 0 Å². The first-order chi connectivity index (χ1) is 9.25. The molecule has 128 valence electrons. The van der Waals surface area contributed by atoms with Crippen LogP contribution in [0.4, 0.5) is 13.2 Å². The summed E-state index contributed by atoms with van der Waals surface area (Å²) in [4.78, 5) is 0. The summed E-state index contributed by atoms with van der Waals surface area (Å²) in [5.41, 5.74) is -0.0184. The van der Waals surface area contributed by atoms with E-state index in [4.69, 9.17) is 0 Å². The van der Waals surface area contributed by atoms with E-state index >= 15 is 0 Å². The lowest BCUT2D eigenvalue weighted by Gasteiger charge is -2.29. The van der Waals surface area contributed by atoms with Crippen LogP contribution in [0.3, 0.4) is 0 Å². The zero-order valence-electron chi connectivity index (χ0n) is 13.3. The van der Waals surface area contributed by atoms with Crippen LogP contribution in [0.25, 0.3) is 0 Å². The van der Waals surface area contributed by atoms with Crippen LogP contribution < -0.4 is 0 Å². The van der Waals surface area contributed by atoms with Gasteiger partial charge in [-0.05, 0) is 25.7 Å². The van der Waals surface area contributed by atoms with E-state index in [1.54, 1.807) is 13.8 Å². The second-order valence-electron chi connectivity index (χ2n) is 6.50. The molecule has 0 aliphatic rings. The Kier molecular flexibility index (Phi) is 7.66. The fourth-order valence-electron chi connectivity index (χ4n) is 1.63. The minimum absolute atomic E-state index is 0.0184. The molecule has 0 bridgehead atoms. The third-order valence-electron chi connectivity index (χ3n) is 2.77. The van der Waals surface area contributed by atoms with Gasteiger partial charge in [-0.25, -0.2) is 8.42 Å². The first-order valence-electron chi connectivity index (χ1n) is 6.89. The monoisotopic (exact) mass is 333 g/mol. The molecule has 4 nitrogen and oxygen atoms in total. The van der Waals surface area contributed by atoms with Gasteiger partial charge in [0.25, 0.3) is 0 Å². The molecule has 0 aromatic rings. The lowest BCUT2D eigenvalue weighted by Crippen LogP contribution is -2.41. The quantitative estimate of drug-likeness (QED) is 0.642. The van der Waals surface area contributed by atoms with Gasteiger partial charge in [0, 0.05) is 12.6 Å². The zero-order valence-corrected chi connectivity index (χ0v) is 14.1. The van der Waals surface area contributed by atoms with Gasteiger partial charge in [-0.15, -0.1) is 0 Å². The Morgan fingerprint density at radius 2 is 1.67 bits per heavy atom. The number of sulfonamides is 1. The number of alkyl halides is 3. The fourth-order valence-corrected chi connectivity index (χ4v) is 3.21. The summed E-state index contributed by atoms with van der Waals surface area (Å²) in [6.45, 7) is 7.98. The summed E-state index contributed by atoms with van der Waals surface area (Å²) >= 11 is 0. The first-order valence-corrected chi connectivity index (χ1v) is 8.49. The predicted molar refractivity (Wildman–Crippen MR) is 76.6 cm³/mol. The van der Waals surface area contributed by atoms with Crippen LogP contribution in [-0.2, 0) is 14.8 Å². The molecule has 0 unspecified atom stereocenters. The molecule has 0 amide bonds. The van der Waals surface area contributed by atoms with Crippen molar-refractivity contribution < 1.29 is 26.3 Å². The van der Waals surface area contributed by atoms with Gasteiger partial charge in [0.2, 0.25) is 10.0 Å². The maximum Gasteiger partial charge on any atom is 0.411 e. The maximum absolute atomic E-state index is 12.2. The van der Waals surface area contributed by atoms with E-state index in [1.807, 2.05) is 20.8 Å². The van der Waals surface area contributed by atoms with Crippen LogP contribution in [-0.4, -0.2) is 50.5 Å². The average molecular weight is 333 g/mol. The lowest BCUT2D eigenvalue weighted by atomic mass is 9.92. The molecule has 0 rings (SSSR count). The van der Waals surface area contributed by atoms with Gasteiger partial charge < -0.3 is 4.74 Å². The highest BCUT2D eigenvalue weighted by Gasteiger charge is 2.29. The van der Waals surface area contributed by atoms with Crippen molar-refractivity contribution in [3.05, 3.63) is 0 Å². The van der Waals surface area contributed by atoms with Gasteiger partial charge in [0.05, 0.1) is 12.4 Å². The summed E-state index contributed by atoms with van der Waals surface area (Å²) in [6, 6.07) is -0.236. The molecular weight excluding hydrogens is 307 g/mol. The number of hydrogen-bond acceptors (Lipinski definition) is 3. The van der Waals surface area contributed by atoms with Gasteiger partial charge in [0.15, 0.2) is 0 Å². The predicted octanol–water partition coefficient (Wildman–Crippen LogP) is 3.04. The second-order valence-corrected chi connectivity index (χ2v) is 8.54. The minimum Gasteiger partial charge on any atom is -0.371 e. The highest BCUT2D eigenvalue weighted by atomic mass is 32.2. The molecule has 0 aromatic heterocycles. The molecule has 0 atom stereocenters. The first kappa shape index (κ1) is 20.7. The molecule has 0 saturated heterocycles. The highest BCUT2D eigenvalue weighted by molar-refractivity contribution is 7.89. The molecular formula is C13H26F3NO3S. The molecule has 0 radical (unpaired) electrons. The number of nitrogens with zero attached hydrogens (tertiary/aromatic N) is 1. The number of hydrogen-bond donors (Lipinski definition) is 0. The Bertz CT molecular complexity index is 400. The Balaban J connectivity index is 4.53. The minimum atomic E-state index is -4.44. The molecule has 0 aliphatic carbocycles. The normalized spacial score (nSPS) is 14.2. The second kappa shape index (κ2) is 7.78. The van der Waals surface area contributed by atoms with E-state index < -0.39 is 35.2 Å². The Morgan fingerprint density at radius 1 is 1.14 bits per heavy atom. The van der Waals surface area contributed by atoms with Crippen molar-refractivity contribution >= 4 is 10.0 Å². The van der Waals surface area contributed by atoms with Crippen molar-refractivity contribution in [2.75, 3.05) is 25.5 Å². The van der Waals surface area contributed by atoms with Gasteiger partial charge in [-0.1, -0.05) is 20.8 Å². The summed E-state index contributed by atoms with van der Waals surface area (Å²) in [5.74, 6) is -0.439. The van der Waals surface area contributed by atoms with Crippen LogP contribution >= 0.6 is 0 Å². The molecule has 0 heterocycles. The maximum atomic E-state index is 12.2.